The number of nitrogens with one attached hydrogen (secondary N) is 1. The molecule has 118 valence electrons. The average molecular weight is 290 g/mol. The van der Waals surface area contributed by atoms with Crippen LogP contribution in [0.4, 0.5) is 0 Å². The molecular weight excluding hydrogens is 260 g/mol. The van der Waals surface area contributed by atoms with Crippen molar-refractivity contribution in [3.8, 4) is 0 Å². The van der Waals surface area contributed by atoms with E-state index in [9.17, 15) is 5.11 Å². The van der Waals surface area contributed by atoms with E-state index in [0.29, 0.717) is 0 Å². The molecule has 0 bridgehead atoms. The third kappa shape index (κ3) is 3.85. The highest BCUT2D eigenvalue weighted by Crippen LogP contribution is 2.28. The summed E-state index contributed by atoms with van der Waals surface area (Å²) in [4.78, 5) is 2.51. The summed E-state index contributed by atoms with van der Waals surface area (Å²) in [6.45, 7) is 10.9. The van der Waals surface area contributed by atoms with Gasteiger partial charge >= 0.3 is 0 Å². The summed E-state index contributed by atoms with van der Waals surface area (Å²) in [6, 6.07) is 10.4. The Morgan fingerprint density at radius 3 is 2.57 bits per heavy atom. The first-order valence-corrected chi connectivity index (χ1v) is 8.25. The van der Waals surface area contributed by atoms with Crippen molar-refractivity contribution in [3.05, 3.63) is 35.9 Å². The largest absolute Gasteiger partial charge is 0.394 e. The topological polar surface area (TPSA) is 35.5 Å². The monoisotopic (exact) mass is 290 g/mol. The van der Waals surface area contributed by atoms with E-state index >= 15 is 0 Å². The van der Waals surface area contributed by atoms with E-state index in [4.69, 9.17) is 0 Å². The molecule has 1 aromatic carbocycles. The summed E-state index contributed by atoms with van der Waals surface area (Å²) in [6.07, 6.45) is 1.28. The lowest BCUT2D eigenvalue weighted by Gasteiger charge is -2.37. The molecule has 0 amide bonds. The van der Waals surface area contributed by atoms with Crippen LogP contribution >= 0.6 is 0 Å². The van der Waals surface area contributed by atoms with Crippen LogP contribution < -0.4 is 5.32 Å². The second kappa shape index (κ2) is 7.39. The lowest BCUT2D eigenvalue weighted by molar-refractivity contribution is 0.116. The van der Waals surface area contributed by atoms with Gasteiger partial charge in [-0.05, 0) is 36.9 Å². The van der Waals surface area contributed by atoms with Crippen molar-refractivity contribution in [3.63, 3.8) is 0 Å². The van der Waals surface area contributed by atoms with Gasteiger partial charge < -0.3 is 15.3 Å². The number of hydrogen-bond donors (Lipinski definition) is 2. The second-order valence-corrected chi connectivity index (χ2v) is 6.66. The number of likely N-dealkylation sites (tertiary alicyclic amines) is 1. The van der Waals surface area contributed by atoms with E-state index in [2.05, 4.69) is 55.3 Å². The minimum atomic E-state index is -0.345. The zero-order chi connectivity index (χ0) is 15.3. The Morgan fingerprint density at radius 1 is 1.33 bits per heavy atom. The molecule has 1 aromatic rings. The Labute approximate surface area is 129 Å². The van der Waals surface area contributed by atoms with Gasteiger partial charge in [-0.25, -0.2) is 0 Å². The van der Waals surface area contributed by atoms with Gasteiger partial charge in [-0.3, -0.25) is 0 Å². The third-order valence-corrected chi connectivity index (χ3v) is 4.86. The number of benzene rings is 1. The Bertz CT molecular complexity index is 420. The SMILES string of the molecule is CCNC(CO)(CN1CCC(C(C)C)C1)c1ccccc1. The molecule has 2 rings (SSSR count). The van der Waals surface area contributed by atoms with Gasteiger partial charge in [0.25, 0.3) is 0 Å². The molecule has 21 heavy (non-hydrogen) atoms. The summed E-state index contributed by atoms with van der Waals surface area (Å²) in [7, 11) is 0. The Kier molecular flexibility index (Phi) is 5.80. The number of aliphatic hydroxyl groups excluding tert-OH is 1. The molecule has 0 radical (unpaired) electrons. The van der Waals surface area contributed by atoms with Crippen LogP contribution in [0.5, 0.6) is 0 Å². The quantitative estimate of drug-likeness (QED) is 0.810. The molecule has 0 aliphatic carbocycles. The fourth-order valence-corrected chi connectivity index (χ4v) is 3.47. The Hall–Kier alpha value is -0.900. The minimum Gasteiger partial charge on any atom is -0.394 e. The van der Waals surface area contributed by atoms with E-state index < -0.39 is 0 Å². The average Bonchev–Trinajstić information content (AvgIpc) is 2.96. The van der Waals surface area contributed by atoms with E-state index in [1.807, 2.05) is 6.07 Å². The molecule has 0 spiro atoms. The molecule has 1 aliphatic heterocycles. The molecule has 1 saturated heterocycles. The van der Waals surface area contributed by atoms with Gasteiger partial charge in [0.05, 0.1) is 12.1 Å². The molecular formula is C18H30N2O. The predicted octanol–water partition coefficient (Wildman–Crippen LogP) is 2.46. The van der Waals surface area contributed by atoms with Gasteiger partial charge in [0.1, 0.15) is 0 Å². The van der Waals surface area contributed by atoms with Gasteiger partial charge in [0.15, 0.2) is 0 Å². The van der Waals surface area contributed by atoms with Crippen LogP contribution in [0.2, 0.25) is 0 Å². The minimum absolute atomic E-state index is 0.133. The highest BCUT2D eigenvalue weighted by molar-refractivity contribution is 5.25. The number of nitrogens with zero attached hydrogens (tertiary/aromatic N) is 1. The van der Waals surface area contributed by atoms with Crippen LogP contribution in [0.25, 0.3) is 0 Å². The number of hydrogen-bond acceptors (Lipinski definition) is 3. The summed E-state index contributed by atoms with van der Waals surface area (Å²) >= 11 is 0. The fourth-order valence-electron chi connectivity index (χ4n) is 3.47. The maximum atomic E-state index is 10.1. The van der Waals surface area contributed by atoms with Crippen LogP contribution in [-0.4, -0.2) is 42.8 Å². The van der Waals surface area contributed by atoms with Gasteiger partial charge in [-0.1, -0.05) is 51.1 Å². The number of likely N-dealkylation sites (N-methyl/N-ethyl adjacent to an activating group) is 1. The summed E-state index contributed by atoms with van der Waals surface area (Å²) in [5, 5.41) is 13.6. The van der Waals surface area contributed by atoms with Crippen molar-refractivity contribution in [2.24, 2.45) is 11.8 Å². The van der Waals surface area contributed by atoms with Gasteiger partial charge in [0.2, 0.25) is 0 Å². The molecule has 3 nitrogen and oxygen atoms in total. The standard InChI is InChI=1S/C18H30N2O/c1-4-19-18(14-21,17-8-6-5-7-9-17)13-20-11-10-16(12-20)15(2)3/h5-9,15-16,19,21H,4,10-14H2,1-3H3. The van der Waals surface area contributed by atoms with Crippen molar-refractivity contribution < 1.29 is 5.11 Å². The molecule has 2 atom stereocenters. The zero-order valence-electron chi connectivity index (χ0n) is 13.7. The summed E-state index contributed by atoms with van der Waals surface area (Å²) < 4.78 is 0. The predicted molar refractivity (Wildman–Crippen MR) is 88.3 cm³/mol. The van der Waals surface area contributed by atoms with E-state index in [1.165, 1.54) is 12.0 Å². The van der Waals surface area contributed by atoms with Crippen molar-refractivity contribution in [1.29, 1.82) is 0 Å². The first-order chi connectivity index (χ1) is 10.1. The van der Waals surface area contributed by atoms with Crippen molar-refractivity contribution >= 4 is 0 Å². The molecule has 2 N–H and O–H groups in total. The maximum Gasteiger partial charge on any atom is 0.0797 e. The van der Waals surface area contributed by atoms with Crippen molar-refractivity contribution in [2.75, 3.05) is 32.8 Å². The zero-order valence-corrected chi connectivity index (χ0v) is 13.7. The molecule has 1 aliphatic rings. The third-order valence-electron chi connectivity index (χ3n) is 4.86. The number of aliphatic hydroxyl groups is 1. The van der Waals surface area contributed by atoms with Crippen LogP contribution in [0, 0.1) is 11.8 Å². The lowest BCUT2D eigenvalue weighted by Crippen LogP contribution is -2.53. The second-order valence-electron chi connectivity index (χ2n) is 6.66. The van der Waals surface area contributed by atoms with Gasteiger partial charge in [-0.2, -0.15) is 0 Å². The van der Waals surface area contributed by atoms with E-state index in [0.717, 1.165) is 38.0 Å². The van der Waals surface area contributed by atoms with Crippen LogP contribution in [0.1, 0.15) is 32.8 Å². The maximum absolute atomic E-state index is 10.1. The Morgan fingerprint density at radius 2 is 2.05 bits per heavy atom. The van der Waals surface area contributed by atoms with Crippen LogP contribution in [0.3, 0.4) is 0 Å². The highest BCUT2D eigenvalue weighted by atomic mass is 16.3. The molecule has 1 fully saturated rings. The van der Waals surface area contributed by atoms with Gasteiger partial charge in [0, 0.05) is 13.1 Å². The van der Waals surface area contributed by atoms with Crippen molar-refractivity contribution in [1.82, 2.24) is 10.2 Å². The van der Waals surface area contributed by atoms with Gasteiger partial charge in [-0.15, -0.1) is 0 Å². The van der Waals surface area contributed by atoms with E-state index in [1.54, 1.807) is 0 Å². The normalized spacial score (nSPS) is 22.6. The summed E-state index contributed by atoms with van der Waals surface area (Å²) in [5.41, 5.74) is 0.837. The molecule has 1 heterocycles. The molecule has 0 aromatic heterocycles. The molecule has 2 unspecified atom stereocenters. The first kappa shape index (κ1) is 16.5. The highest BCUT2D eigenvalue weighted by Gasteiger charge is 2.35. The smallest absolute Gasteiger partial charge is 0.0797 e. The van der Waals surface area contributed by atoms with Crippen molar-refractivity contribution in [2.45, 2.75) is 32.7 Å². The lowest BCUT2D eigenvalue weighted by atomic mass is 9.89. The van der Waals surface area contributed by atoms with E-state index in [-0.39, 0.29) is 12.1 Å². The molecule has 3 heteroatoms. The van der Waals surface area contributed by atoms with Crippen LogP contribution in [-0.2, 0) is 5.54 Å². The fraction of sp³-hybridized carbons (Fsp3) is 0.667. The first-order valence-electron chi connectivity index (χ1n) is 8.25. The summed E-state index contributed by atoms with van der Waals surface area (Å²) in [5.74, 6) is 1.54. The number of rotatable bonds is 7. The Balaban J connectivity index is 2.14. The van der Waals surface area contributed by atoms with Crippen LogP contribution in [0.15, 0.2) is 30.3 Å². The molecule has 0 saturated carbocycles.